The van der Waals surface area contributed by atoms with Crippen molar-refractivity contribution in [3.8, 4) is 17.5 Å². The van der Waals surface area contributed by atoms with Gasteiger partial charge in [0.15, 0.2) is 0 Å². The van der Waals surface area contributed by atoms with Gasteiger partial charge in [0.1, 0.15) is 17.4 Å². The Kier molecular flexibility index (Phi) is 4.47. The van der Waals surface area contributed by atoms with E-state index in [0.29, 0.717) is 11.1 Å². The van der Waals surface area contributed by atoms with Gasteiger partial charge in [-0.25, -0.2) is 4.98 Å². The minimum atomic E-state index is 0.0926. The predicted molar refractivity (Wildman–Crippen MR) is 114 cm³/mol. The summed E-state index contributed by atoms with van der Waals surface area (Å²) in [5.41, 5.74) is 4.52. The van der Waals surface area contributed by atoms with Gasteiger partial charge in [-0.05, 0) is 43.2 Å². The predicted octanol–water partition coefficient (Wildman–Crippen LogP) is 3.78. The van der Waals surface area contributed by atoms with Crippen LogP contribution in [0, 0.1) is 11.3 Å². The number of nitrogens with zero attached hydrogens (tertiary/aromatic N) is 6. The second kappa shape index (κ2) is 7.30. The molecular weight excluding hydrogens is 376 g/mol. The number of pyridine rings is 1. The molecule has 30 heavy (non-hydrogen) atoms. The average molecular weight is 398 g/mol. The van der Waals surface area contributed by atoms with Crippen molar-refractivity contribution in [2.75, 3.05) is 13.1 Å². The Balaban J connectivity index is 1.58. The quantitative estimate of drug-likeness (QED) is 0.515. The third-order valence-electron chi connectivity index (χ3n) is 5.87. The molecule has 150 valence electrons. The fourth-order valence-corrected chi connectivity index (χ4v) is 4.26. The number of amides is 1. The van der Waals surface area contributed by atoms with Gasteiger partial charge in [-0.15, -0.1) is 0 Å². The topological polar surface area (TPSA) is 79.2 Å². The van der Waals surface area contributed by atoms with Gasteiger partial charge >= 0.3 is 0 Å². The Morgan fingerprint density at radius 2 is 1.90 bits per heavy atom. The number of imidazole rings is 1. The summed E-state index contributed by atoms with van der Waals surface area (Å²) in [7, 11) is 1.88. The number of carbonyl (C=O) groups is 1. The summed E-state index contributed by atoms with van der Waals surface area (Å²) >= 11 is 0. The summed E-state index contributed by atoms with van der Waals surface area (Å²) in [5.74, 6) is 0.0926. The monoisotopic (exact) mass is 398 g/mol. The van der Waals surface area contributed by atoms with Crippen LogP contribution < -0.4 is 0 Å². The molecule has 4 aromatic rings. The van der Waals surface area contributed by atoms with Crippen molar-refractivity contribution < 1.29 is 4.79 Å². The number of nitriles is 1. The maximum Gasteiger partial charge on any atom is 0.253 e. The largest absolute Gasteiger partial charge is 0.339 e. The zero-order valence-corrected chi connectivity index (χ0v) is 16.9. The Morgan fingerprint density at radius 1 is 1.10 bits per heavy atom. The molecule has 7 nitrogen and oxygen atoms in total. The van der Waals surface area contributed by atoms with Crippen molar-refractivity contribution in [1.29, 1.82) is 5.26 Å². The highest BCUT2D eigenvalue weighted by Crippen LogP contribution is 2.29. The van der Waals surface area contributed by atoms with Crippen LogP contribution in [0.15, 0.2) is 42.7 Å². The van der Waals surface area contributed by atoms with Gasteiger partial charge in [0.05, 0.1) is 23.0 Å². The van der Waals surface area contributed by atoms with E-state index >= 15 is 0 Å². The van der Waals surface area contributed by atoms with Crippen molar-refractivity contribution in [2.24, 2.45) is 7.05 Å². The van der Waals surface area contributed by atoms with Crippen molar-refractivity contribution in [1.82, 2.24) is 24.1 Å². The van der Waals surface area contributed by atoms with Crippen LogP contribution in [0.1, 0.15) is 41.6 Å². The Morgan fingerprint density at radius 3 is 2.67 bits per heavy atom. The number of carbonyl (C=O) groups excluding carboxylic acids is 1. The molecule has 0 bridgehead atoms. The Labute approximate surface area is 174 Å². The van der Waals surface area contributed by atoms with Gasteiger partial charge < -0.3 is 4.90 Å². The standard InChI is InChI=1S/C23H22N6O/c1-27-19-12-17(23(30)28-10-4-2-3-5-11-28)7-8-18(19)22(26-27)20-14-25-21-9-6-16(13-24)15-29(20)21/h6-9,12,14-15H,2-5,10-11H2,1H3. The van der Waals surface area contributed by atoms with Crippen LogP contribution in [-0.4, -0.2) is 43.1 Å². The third-order valence-corrected chi connectivity index (χ3v) is 5.87. The van der Waals surface area contributed by atoms with Crippen molar-refractivity contribution in [3.05, 3.63) is 53.9 Å². The molecule has 0 N–H and O–H groups in total. The van der Waals surface area contributed by atoms with Crippen LogP contribution in [0.5, 0.6) is 0 Å². The van der Waals surface area contributed by atoms with Gasteiger partial charge in [0, 0.05) is 37.3 Å². The van der Waals surface area contributed by atoms with E-state index in [9.17, 15) is 10.1 Å². The van der Waals surface area contributed by atoms with Crippen molar-refractivity contribution in [3.63, 3.8) is 0 Å². The fraction of sp³-hybridized carbons (Fsp3) is 0.304. The number of benzene rings is 1. The number of aryl methyl sites for hydroxylation is 1. The van der Waals surface area contributed by atoms with Crippen molar-refractivity contribution >= 4 is 22.5 Å². The number of likely N-dealkylation sites (tertiary alicyclic amines) is 1. The highest BCUT2D eigenvalue weighted by molar-refractivity contribution is 6.01. The molecule has 1 amide bonds. The van der Waals surface area contributed by atoms with E-state index in [1.165, 1.54) is 12.8 Å². The third kappa shape index (κ3) is 3.01. The molecule has 1 aliphatic heterocycles. The molecule has 7 heteroatoms. The first-order valence-corrected chi connectivity index (χ1v) is 10.3. The summed E-state index contributed by atoms with van der Waals surface area (Å²) in [6.45, 7) is 1.66. The van der Waals surface area contributed by atoms with Crippen LogP contribution in [0.3, 0.4) is 0 Å². The summed E-state index contributed by atoms with van der Waals surface area (Å²) in [6.07, 6.45) is 8.08. The number of aromatic nitrogens is 4. The van der Waals surface area contributed by atoms with E-state index in [0.717, 1.165) is 53.9 Å². The zero-order valence-electron chi connectivity index (χ0n) is 16.9. The highest BCUT2D eigenvalue weighted by Gasteiger charge is 2.20. The molecule has 1 fully saturated rings. The molecule has 4 heterocycles. The maximum atomic E-state index is 13.0. The lowest BCUT2D eigenvalue weighted by Gasteiger charge is -2.20. The minimum absolute atomic E-state index is 0.0926. The molecule has 1 aromatic carbocycles. The molecule has 1 aliphatic rings. The summed E-state index contributed by atoms with van der Waals surface area (Å²) in [4.78, 5) is 19.5. The lowest BCUT2D eigenvalue weighted by molar-refractivity contribution is 0.0762. The Bertz CT molecular complexity index is 1300. The first kappa shape index (κ1) is 18.4. The number of hydrogen-bond acceptors (Lipinski definition) is 4. The zero-order chi connectivity index (χ0) is 20.7. The molecule has 0 radical (unpaired) electrons. The molecule has 0 spiro atoms. The molecule has 1 saturated heterocycles. The van der Waals surface area contributed by atoms with Gasteiger partial charge in [0.2, 0.25) is 0 Å². The second-order valence-corrected chi connectivity index (χ2v) is 7.81. The van der Waals surface area contributed by atoms with E-state index < -0.39 is 0 Å². The van der Waals surface area contributed by atoms with Crippen LogP contribution in [0.4, 0.5) is 0 Å². The van der Waals surface area contributed by atoms with Gasteiger partial charge in [0.25, 0.3) is 5.91 Å². The van der Waals surface area contributed by atoms with Crippen LogP contribution in [0.25, 0.3) is 27.9 Å². The molecule has 0 atom stereocenters. The maximum absolute atomic E-state index is 13.0. The molecule has 5 rings (SSSR count). The molecule has 3 aromatic heterocycles. The number of rotatable bonds is 2. The Hall–Kier alpha value is -3.66. The van der Waals surface area contributed by atoms with E-state index in [1.807, 2.05) is 40.6 Å². The lowest BCUT2D eigenvalue weighted by atomic mass is 10.1. The first-order valence-electron chi connectivity index (χ1n) is 10.3. The van der Waals surface area contributed by atoms with Crippen LogP contribution in [0.2, 0.25) is 0 Å². The summed E-state index contributed by atoms with van der Waals surface area (Å²) in [5, 5.41) is 14.9. The van der Waals surface area contributed by atoms with Gasteiger partial charge in [-0.1, -0.05) is 12.8 Å². The molecule has 0 unspecified atom stereocenters. The van der Waals surface area contributed by atoms with Crippen molar-refractivity contribution in [2.45, 2.75) is 25.7 Å². The smallest absolute Gasteiger partial charge is 0.253 e. The molecule has 0 saturated carbocycles. The first-order chi connectivity index (χ1) is 14.7. The average Bonchev–Trinajstić information content (AvgIpc) is 3.20. The van der Waals surface area contributed by atoms with E-state index in [4.69, 9.17) is 5.10 Å². The molecule has 0 aliphatic carbocycles. The number of fused-ring (bicyclic) bond motifs is 2. The molecular formula is C23H22N6O. The van der Waals surface area contributed by atoms with Gasteiger partial charge in [-0.2, -0.15) is 10.4 Å². The summed E-state index contributed by atoms with van der Waals surface area (Å²) in [6, 6.07) is 11.5. The fourth-order valence-electron chi connectivity index (χ4n) is 4.26. The van der Waals surface area contributed by atoms with Gasteiger partial charge in [-0.3, -0.25) is 13.9 Å². The minimum Gasteiger partial charge on any atom is -0.339 e. The van der Waals surface area contributed by atoms with E-state index in [1.54, 1.807) is 23.1 Å². The van der Waals surface area contributed by atoms with Crippen LogP contribution >= 0.6 is 0 Å². The lowest BCUT2D eigenvalue weighted by Crippen LogP contribution is -2.31. The van der Waals surface area contributed by atoms with E-state index in [-0.39, 0.29) is 5.91 Å². The van der Waals surface area contributed by atoms with E-state index in [2.05, 4.69) is 11.1 Å². The SMILES string of the molecule is Cn1nc(-c2cnc3ccc(C#N)cn23)c2ccc(C(=O)N3CCCCCC3)cc21. The summed E-state index contributed by atoms with van der Waals surface area (Å²) < 4.78 is 3.69. The second-order valence-electron chi connectivity index (χ2n) is 7.81. The van der Waals surface area contributed by atoms with Crippen LogP contribution in [-0.2, 0) is 7.05 Å². The number of hydrogen-bond donors (Lipinski definition) is 0. The normalized spacial score (nSPS) is 14.7. The highest BCUT2D eigenvalue weighted by atomic mass is 16.2.